The number of hydrogen-bond donors (Lipinski definition) is 1. The lowest BCUT2D eigenvalue weighted by Gasteiger charge is -2.35. The van der Waals surface area contributed by atoms with Crippen LogP contribution in [-0.2, 0) is 31.0 Å². The van der Waals surface area contributed by atoms with Gasteiger partial charge in [0.25, 0.3) is 5.91 Å². The van der Waals surface area contributed by atoms with Crippen molar-refractivity contribution in [2.24, 2.45) is 0 Å². The van der Waals surface area contributed by atoms with Gasteiger partial charge in [0.2, 0.25) is 0 Å². The summed E-state index contributed by atoms with van der Waals surface area (Å²) >= 11 is 0. The normalized spacial score (nSPS) is 19.6. The fraction of sp³-hybridized carbons (Fsp3) is 0.409. The molecule has 0 aliphatic carbocycles. The zero-order valence-electron chi connectivity index (χ0n) is 18.5. The van der Waals surface area contributed by atoms with Crippen LogP contribution in [0.1, 0.15) is 29.8 Å². The summed E-state index contributed by atoms with van der Waals surface area (Å²) in [7, 11) is -7.18. The average molecular weight is 481 g/mol. The molecule has 1 aliphatic heterocycles. The first-order valence-corrected chi connectivity index (χ1v) is 13.9. The molecular formula is C22H28N2O6S2. The number of benzene rings is 2. The number of hydrogen-bond acceptors (Lipinski definition) is 7. The van der Waals surface area contributed by atoms with Crippen molar-refractivity contribution in [1.82, 2.24) is 4.90 Å². The third-order valence-corrected chi connectivity index (χ3v) is 7.42. The molecule has 174 valence electrons. The second-order valence-corrected chi connectivity index (χ2v) is 12.2. The number of morpholine rings is 1. The molecule has 1 fully saturated rings. The van der Waals surface area contributed by atoms with Gasteiger partial charge in [-0.05, 0) is 49.7 Å². The van der Waals surface area contributed by atoms with Gasteiger partial charge in [-0.1, -0.05) is 12.1 Å². The van der Waals surface area contributed by atoms with Crippen molar-refractivity contribution in [3.8, 4) is 0 Å². The van der Waals surface area contributed by atoms with Crippen LogP contribution in [0.3, 0.4) is 0 Å². The monoisotopic (exact) mass is 480 g/mol. The average Bonchev–Trinajstić information content (AvgIpc) is 2.70. The molecule has 0 saturated carbocycles. The van der Waals surface area contributed by atoms with Crippen LogP contribution < -0.4 is 5.32 Å². The van der Waals surface area contributed by atoms with Crippen LogP contribution in [-0.4, -0.2) is 65.5 Å². The van der Waals surface area contributed by atoms with Crippen LogP contribution in [0.4, 0.5) is 5.69 Å². The summed E-state index contributed by atoms with van der Waals surface area (Å²) in [6.07, 6.45) is 2.05. The van der Waals surface area contributed by atoms with E-state index in [1.165, 1.54) is 18.2 Å². The van der Waals surface area contributed by atoms with E-state index in [1.54, 1.807) is 29.2 Å². The molecular weight excluding hydrogens is 452 g/mol. The van der Waals surface area contributed by atoms with Crippen LogP contribution in [0.25, 0.3) is 0 Å². The van der Waals surface area contributed by atoms with E-state index in [0.29, 0.717) is 30.9 Å². The maximum Gasteiger partial charge on any atom is 0.254 e. The van der Waals surface area contributed by atoms with E-state index in [1.807, 2.05) is 13.8 Å². The van der Waals surface area contributed by atoms with Crippen LogP contribution >= 0.6 is 0 Å². The van der Waals surface area contributed by atoms with Crippen LogP contribution in [0.2, 0.25) is 0 Å². The lowest BCUT2D eigenvalue weighted by molar-refractivity contribution is -0.0586. The molecule has 2 unspecified atom stereocenters. The van der Waals surface area contributed by atoms with Gasteiger partial charge in [-0.3, -0.25) is 4.79 Å². The molecule has 2 aromatic carbocycles. The van der Waals surface area contributed by atoms with E-state index >= 15 is 0 Å². The molecule has 32 heavy (non-hydrogen) atoms. The highest BCUT2D eigenvalue weighted by atomic mass is 32.2. The number of ether oxygens (including phenoxy) is 1. The predicted octanol–water partition coefficient (Wildman–Crippen LogP) is 2.36. The summed E-state index contributed by atoms with van der Waals surface area (Å²) in [5.41, 5.74) is 1.73. The Morgan fingerprint density at radius 2 is 1.56 bits per heavy atom. The maximum atomic E-state index is 12.8. The Balaban J connectivity index is 1.74. The molecule has 1 N–H and O–H groups in total. The van der Waals surface area contributed by atoms with E-state index in [2.05, 4.69) is 5.32 Å². The van der Waals surface area contributed by atoms with Crippen molar-refractivity contribution in [2.45, 2.75) is 42.4 Å². The molecule has 1 saturated heterocycles. The minimum atomic E-state index is -3.65. The van der Waals surface area contributed by atoms with Crippen molar-refractivity contribution in [3.63, 3.8) is 0 Å². The lowest BCUT2D eigenvalue weighted by Crippen LogP contribution is -2.48. The SMILES string of the molecule is CC1CN(C(=O)c2ccc(CNc3ccc(S(C)(=O)=O)cc3S(C)(=O)=O)cc2)CC(C)O1. The van der Waals surface area contributed by atoms with Crippen molar-refractivity contribution < 1.29 is 26.4 Å². The summed E-state index contributed by atoms with van der Waals surface area (Å²) in [4.78, 5) is 14.4. The van der Waals surface area contributed by atoms with Crippen LogP contribution in [0, 0.1) is 0 Å². The molecule has 0 bridgehead atoms. The molecule has 1 amide bonds. The molecule has 0 spiro atoms. The van der Waals surface area contributed by atoms with Crippen molar-refractivity contribution in [1.29, 1.82) is 0 Å². The fourth-order valence-electron chi connectivity index (χ4n) is 3.67. The maximum absolute atomic E-state index is 12.8. The topological polar surface area (TPSA) is 110 Å². The van der Waals surface area contributed by atoms with Crippen molar-refractivity contribution in [3.05, 3.63) is 53.6 Å². The minimum absolute atomic E-state index is 0.00991. The Morgan fingerprint density at radius 1 is 0.969 bits per heavy atom. The van der Waals surface area contributed by atoms with E-state index < -0.39 is 19.7 Å². The summed E-state index contributed by atoms with van der Waals surface area (Å²) in [6, 6.07) is 11.1. The van der Waals surface area contributed by atoms with Gasteiger partial charge in [0.1, 0.15) is 0 Å². The van der Waals surface area contributed by atoms with Gasteiger partial charge in [0.05, 0.1) is 27.7 Å². The number of anilines is 1. The Hall–Kier alpha value is -2.43. The fourth-order valence-corrected chi connectivity index (χ4v) is 5.28. The minimum Gasteiger partial charge on any atom is -0.380 e. The molecule has 8 nitrogen and oxygen atoms in total. The number of carbonyl (C=O) groups excluding carboxylic acids is 1. The van der Waals surface area contributed by atoms with E-state index in [0.717, 1.165) is 18.1 Å². The van der Waals surface area contributed by atoms with Crippen LogP contribution in [0.5, 0.6) is 0 Å². The van der Waals surface area contributed by atoms with Gasteiger partial charge in [0, 0.05) is 37.7 Å². The first-order chi connectivity index (χ1) is 14.8. The first kappa shape index (κ1) is 24.2. The number of sulfone groups is 2. The zero-order chi connectivity index (χ0) is 23.7. The Labute approximate surface area is 189 Å². The summed E-state index contributed by atoms with van der Waals surface area (Å²) in [5, 5.41) is 3.05. The number of rotatable bonds is 6. The molecule has 10 heteroatoms. The third-order valence-electron chi connectivity index (χ3n) is 5.17. The largest absolute Gasteiger partial charge is 0.380 e. The van der Waals surface area contributed by atoms with E-state index in [4.69, 9.17) is 4.74 Å². The third kappa shape index (κ3) is 5.87. The number of amides is 1. The molecule has 1 aliphatic rings. The van der Waals surface area contributed by atoms with Gasteiger partial charge >= 0.3 is 0 Å². The van der Waals surface area contributed by atoms with Crippen LogP contribution in [0.15, 0.2) is 52.3 Å². The quantitative estimate of drug-likeness (QED) is 0.676. The zero-order valence-corrected chi connectivity index (χ0v) is 20.2. The summed E-state index contributed by atoms with van der Waals surface area (Å²) in [6.45, 7) is 5.28. The first-order valence-electron chi connectivity index (χ1n) is 10.2. The van der Waals surface area contributed by atoms with Gasteiger partial charge in [-0.15, -0.1) is 0 Å². The van der Waals surface area contributed by atoms with Gasteiger partial charge in [-0.25, -0.2) is 16.8 Å². The van der Waals surface area contributed by atoms with Gasteiger partial charge < -0.3 is 15.0 Å². The highest BCUT2D eigenvalue weighted by molar-refractivity contribution is 7.91. The Kier molecular flexibility index (Phi) is 6.97. The molecule has 2 atom stereocenters. The number of carbonyl (C=O) groups is 1. The second-order valence-electron chi connectivity index (χ2n) is 8.22. The lowest BCUT2D eigenvalue weighted by atomic mass is 10.1. The molecule has 0 radical (unpaired) electrons. The molecule has 2 aromatic rings. The second kappa shape index (κ2) is 9.21. The van der Waals surface area contributed by atoms with Gasteiger partial charge in [-0.2, -0.15) is 0 Å². The number of nitrogens with one attached hydrogen (secondary N) is 1. The molecule has 3 rings (SSSR count). The molecule has 1 heterocycles. The van der Waals surface area contributed by atoms with Crippen molar-refractivity contribution in [2.75, 3.05) is 30.9 Å². The molecule has 0 aromatic heterocycles. The Morgan fingerprint density at radius 3 is 2.09 bits per heavy atom. The van der Waals surface area contributed by atoms with Gasteiger partial charge in [0.15, 0.2) is 19.7 Å². The highest BCUT2D eigenvalue weighted by Gasteiger charge is 2.26. The number of nitrogens with zero attached hydrogens (tertiary/aromatic N) is 1. The smallest absolute Gasteiger partial charge is 0.254 e. The van der Waals surface area contributed by atoms with E-state index in [9.17, 15) is 21.6 Å². The highest BCUT2D eigenvalue weighted by Crippen LogP contribution is 2.26. The Bertz CT molecular complexity index is 1200. The summed E-state index contributed by atoms with van der Waals surface area (Å²) < 4.78 is 53.6. The van der Waals surface area contributed by atoms with Crippen molar-refractivity contribution >= 4 is 31.3 Å². The summed E-state index contributed by atoms with van der Waals surface area (Å²) in [5.74, 6) is -0.0535. The standard InChI is InChI=1S/C22H28N2O6S2/c1-15-13-24(14-16(2)30-15)22(25)18-7-5-17(6-8-18)12-23-20-10-9-19(31(3,26)27)11-21(20)32(4,28)29/h5-11,15-16,23H,12-14H2,1-4H3. The van der Waals surface area contributed by atoms with E-state index in [-0.39, 0.29) is 27.9 Å². The predicted molar refractivity (Wildman–Crippen MR) is 122 cm³/mol.